The van der Waals surface area contributed by atoms with Gasteiger partial charge in [-0.2, -0.15) is 4.31 Å². The van der Waals surface area contributed by atoms with Crippen molar-refractivity contribution in [3.05, 3.63) is 29.3 Å². The minimum absolute atomic E-state index is 0.101. The Balaban J connectivity index is 2.51. The standard InChI is InChI=1S/C13H16N2O5S/c1-8-4-5-9(13(17)18)7-11(8)21(19,20)15-6-2-3-10(15)12(14)16/h4-5,7,10H,2-3,6H2,1H3,(H2,14,16)(H,17,18). The van der Waals surface area contributed by atoms with Crippen molar-refractivity contribution in [3.63, 3.8) is 0 Å². The maximum absolute atomic E-state index is 12.7. The predicted octanol–water partition coefficient (Wildman–Crippen LogP) is 0.332. The number of sulfonamides is 1. The molecule has 7 nitrogen and oxygen atoms in total. The molecular weight excluding hydrogens is 296 g/mol. The van der Waals surface area contributed by atoms with Gasteiger partial charge < -0.3 is 10.8 Å². The van der Waals surface area contributed by atoms with E-state index in [0.29, 0.717) is 18.4 Å². The van der Waals surface area contributed by atoms with Gasteiger partial charge in [0.2, 0.25) is 15.9 Å². The van der Waals surface area contributed by atoms with Crippen LogP contribution in [0.4, 0.5) is 0 Å². The molecule has 0 radical (unpaired) electrons. The molecule has 0 aliphatic carbocycles. The highest BCUT2D eigenvalue weighted by Crippen LogP contribution is 2.28. The molecule has 1 aliphatic rings. The van der Waals surface area contributed by atoms with Crippen molar-refractivity contribution in [2.45, 2.75) is 30.7 Å². The van der Waals surface area contributed by atoms with Crippen molar-refractivity contribution in [1.82, 2.24) is 4.31 Å². The second-order valence-corrected chi connectivity index (χ2v) is 6.82. The summed E-state index contributed by atoms with van der Waals surface area (Å²) >= 11 is 0. The third-order valence-corrected chi connectivity index (χ3v) is 5.60. The summed E-state index contributed by atoms with van der Waals surface area (Å²) in [4.78, 5) is 22.3. The summed E-state index contributed by atoms with van der Waals surface area (Å²) in [6.07, 6.45) is 0.927. The average molecular weight is 312 g/mol. The van der Waals surface area contributed by atoms with E-state index in [1.807, 2.05) is 0 Å². The van der Waals surface area contributed by atoms with Crippen molar-refractivity contribution in [2.75, 3.05) is 6.54 Å². The van der Waals surface area contributed by atoms with E-state index < -0.39 is 27.9 Å². The maximum atomic E-state index is 12.7. The molecule has 8 heteroatoms. The normalized spacial score (nSPS) is 19.6. The molecule has 114 valence electrons. The molecule has 1 heterocycles. The molecule has 1 aliphatic heterocycles. The van der Waals surface area contributed by atoms with Crippen LogP contribution in [0.1, 0.15) is 28.8 Å². The zero-order chi connectivity index (χ0) is 15.8. The van der Waals surface area contributed by atoms with Crippen LogP contribution in [0.2, 0.25) is 0 Å². The van der Waals surface area contributed by atoms with Crippen molar-refractivity contribution in [3.8, 4) is 0 Å². The Bertz CT molecular complexity index is 699. The third kappa shape index (κ3) is 2.77. The number of hydrogen-bond donors (Lipinski definition) is 2. The van der Waals surface area contributed by atoms with E-state index in [9.17, 15) is 18.0 Å². The van der Waals surface area contributed by atoms with Crippen LogP contribution in [0.3, 0.4) is 0 Å². The van der Waals surface area contributed by atoms with E-state index in [1.165, 1.54) is 12.1 Å². The lowest BCUT2D eigenvalue weighted by molar-refractivity contribution is -0.121. The number of aromatic carboxylic acids is 1. The molecule has 0 bridgehead atoms. The molecule has 0 aromatic heterocycles. The number of carbonyl (C=O) groups excluding carboxylic acids is 1. The van der Waals surface area contributed by atoms with Crippen LogP contribution < -0.4 is 5.73 Å². The summed E-state index contributed by atoms with van der Waals surface area (Å²) in [6, 6.07) is 3.02. The van der Waals surface area contributed by atoms with Gasteiger partial charge in [-0.25, -0.2) is 13.2 Å². The van der Waals surface area contributed by atoms with Crippen molar-refractivity contribution >= 4 is 21.9 Å². The number of aryl methyl sites for hydroxylation is 1. The van der Waals surface area contributed by atoms with Gasteiger partial charge in [-0.3, -0.25) is 4.79 Å². The largest absolute Gasteiger partial charge is 0.478 e. The van der Waals surface area contributed by atoms with Crippen molar-refractivity contribution in [2.24, 2.45) is 5.73 Å². The lowest BCUT2D eigenvalue weighted by atomic mass is 10.1. The number of benzene rings is 1. The fraction of sp³-hybridized carbons (Fsp3) is 0.385. The topological polar surface area (TPSA) is 118 Å². The van der Waals surface area contributed by atoms with Gasteiger partial charge >= 0.3 is 5.97 Å². The monoisotopic (exact) mass is 312 g/mol. The Kier molecular flexibility index (Phi) is 4.02. The molecule has 1 aromatic carbocycles. The number of primary amides is 1. The fourth-order valence-corrected chi connectivity index (χ4v) is 4.37. The Hall–Kier alpha value is -1.93. The van der Waals surface area contributed by atoms with E-state index in [-0.39, 0.29) is 17.0 Å². The lowest BCUT2D eigenvalue weighted by Gasteiger charge is -2.22. The Morgan fingerprint density at radius 2 is 2.05 bits per heavy atom. The lowest BCUT2D eigenvalue weighted by Crippen LogP contribution is -2.43. The number of carboxylic acid groups (broad SMARTS) is 1. The second-order valence-electron chi connectivity index (χ2n) is 4.96. The van der Waals surface area contributed by atoms with E-state index in [0.717, 1.165) is 10.4 Å². The molecular formula is C13H16N2O5S. The minimum Gasteiger partial charge on any atom is -0.478 e. The molecule has 1 unspecified atom stereocenters. The molecule has 1 aromatic rings. The Labute approximate surface area is 122 Å². The SMILES string of the molecule is Cc1ccc(C(=O)O)cc1S(=O)(=O)N1CCCC1C(N)=O. The van der Waals surface area contributed by atoms with Gasteiger partial charge in [0.15, 0.2) is 0 Å². The summed E-state index contributed by atoms with van der Waals surface area (Å²) in [5.41, 5.74) is 5.55. The van der Waals surface area contributed by atoms with Gasteiger partial charge in [0.25, 0.3) is 0 Å². The van der Waals surface area contributed by atoms with E-state index >= 15 is 0 Å². The van der Waals surface area contributed by atoms with Crippen LogP contribution in [0, 0.1) is 6.92 Å². The van der Waals surface area contributed by atoms with Crippen LogP contribution in [-0.4, -0.2) is 42.3 Å². The third-order valence-electron chi connectivity index (χ3n) is 3.55. The van der Waals surface area contributed by atoms with Crippen LogP contribution in [0.25, 0.3) is 0 Å². The molecule has 1 atom stereocenters. The number of rotatable bonds is 4. The average Bonchev–Trinajstić information content (AvgIpc) is 2.88. The van der Waals surface area contributed by atoms with E-state index in [4.69, 9.17) is 10.8 Å². The highest BCUT2D eigenvalue weighted by Gasteiger charge is 2.39. The zero-order valence-electron chi connectivity index (χ0n) is 11.4. The second kappa shape index (κ2) is 5.45. The van der Waals surface area contributed by atoms with Crippen LogP contribution in [0.15, 0.2) is 23.1 Å². The molecule has 0 spiro atoms. The van der Waals surface area contributed by atoms with Crippen LogP contribution in [0.5, 0.6) is 0 Å². The summed E-state index contributed by atoms with van der Waals surface area (Å²) < 4.78 is 26.4. The van der Waals surface area contributed by atoms with Crippen molar-refractivity contribution < 1.29 is 23.1 Å². The highest BCUT2D eigenvalue weighted by molar-refractivity contribution is 7.89. The molecule has 1 fully saturated rings. The smallest absolute Gasteiger partial charge is 0.335 e. The number of carboxylic acids is 1. The van der Waals surface area contributed by atoms with Gasteiger partial charge in [0, 0.05) is 6.54 Å². The molecule has 1 saturated heterocycles. The summed E-state index contributed by atoms with van der Waals surface area (Å²) in [5.74, 6) is -1.90. The first kappa shape index (κ1) is 15.5. The van der Waals surface area contributed by atoms with Gasteiger partial charge in [0.05, 0.1) is 10.5 Å². The predicted molar refractivity (Wildman–Crippen MR) is 74.2 cm³/mol. The van der Waals surface area contributed by atoms with Gasteiger partial charge in [-0.15, -0.1) is 0 Å². The first-order valence-electron chi connectivity index (χ1n) is 6.40. The highest BCUT2D eigenvalue weighted by atomic mass is 32.2. The fourth-order valence-electron chi connectivity index (χ4n) is 2.45. The number of nitrogens with two attached hydrogens (primary N) is 1. The zero-order valence-corrected chi connectivity index (χ0v) is 12.3. The van der Waals surface area contributed by atoms with E-state index in [1.54, 1.807) is 6.92 Å². The molecule has 3 N–H and O–H groups in total. The molecule has 2 rings (SSSR count). The Morgan fingerprint density at radius 3 is 2.62 bits per heavy atom. The number of carbonyl (C=O) groups is 2. The van der Waals surface area contributed by atoms with E-state index in [2.05, 4.69) is 0 Å². The van der Waals surface area contributed by atoms with Crippen LogP contribution in [-0.2, 0) is 14.8 Å². The molecule has 0 saturated carbocycles. The van der Waals surface area contributed by atoms with Gasteiger partial charge in [0.1, 0.15) is 6.04 Å². The maximum Gasteiger partial charge on any atom is 0.335 e. The Morgan fingerprint density at radius 1 is 1.38 bits per heavy atom. The summed E-state index contributed by atoms with van der Waals surface area (Å²) in [6.45, 7) is 1.78. The minimum atomic E-state index is -3.95. The van der Waals surface area contributed by atoms with Gasteiger partial charge in [-0.1, -0.05) is 6.07 Å². The number of hydrogen-bond acceptors (Lipinski definition) is 4. The van der Waals surface area contributed by atoms with Crippen LogP contribution >= 0.6 is 0 Å². The quantitative estimate of drug-likeness (QED) is 0.830. The summed E-state index contributed by atoms with van der Waals surface area (Å²) in [7, 11) is -3.95. The van der Waals surface area contributed by atoms with Gasteiger partial charge in [-0.05, 0) is 37.5 Å². The van der Waals surface area contributed by atoms with Crippen molar-refractivity contribution in [1.29, 1.82) is 0 Å². The molecule has 21 heavy (non-hydrogen) atoms. The first-order chi connectivity index (χ1) is 9.75. The molecule has 1 amide bonds. The first-order valence-corrected chi connectivity index (χ1v) is 7.84. The number of amides is 1. The number of nitrogens with zero attached hydrogens (tertiary/aromatic N) is 1. The summed E-state index contributed by atoms with van der Waals surface area (Å²) in [5, 5.41) is 8.99.